The third-order valence-corrected chi connectivity index (χ3v) is 7.01. The topological polar surface area (TPSA) is 135 Å². The molecule has 41 heavy (non-hydrogen) atoms. The van der Waals surface area contributed by atoms with E-state index in [0.29, 0.717) is 0 Å². The van der Waals surface area contributed by atoms with Gasteiger partial charge in [0.1, 0.15) is 19.0 Å². The molecule has 3 aromatic carbocycles. The molecule has 1 unspecified atom stereocenters. The van der Waals surface area contributed by atoms with Crippen molar-refractivity contribution in [1.82, 2.24) is 0 Å². The summed E-state index contributed by atoms with van der Waals surface area (Å²) in [5, 5.41) is 19.6. The van der Waals surface area contributed by atoms with Gasteiger partial charge in [-0.3, -0.25) is 24.0 Å². The van der Waals surface area contributed by atoms with E-state index in [1.165, 1.54) is 36.4 Å². The van der Waals surface area contributed by atoms with Crippen LogP contribution in [0.25, 0.3) is 0 Å². The second kappa shape index (κ2) is 13.1. The van der Waals surface area contributed by atoms with Crippen LogP contribution in [0.3, 0.4) is 0 Å². The van der Waals surface area contributed by atoms with Gasteiger partial charge in [0.05, 0.1) is 5.92 Å². The number of rotatable bonds is 13. The SMILES string of the molecule is CCCCc1ccc(C(=O)C(CC2=C(O)C(=O)c3ccccc3C2=O)C(=O)c2ccc(OCC(=O)CO)cc2)cc1. The summed E-state index contributed by atoms with van der Waals surface area (Å²) in [4.78, 5) is 65.0. The van der Waals surface area contributed by atoms with Gasteiger partial charge >= 0.3 is 0 Å². The second-order valence-corrected chi connectivity index (χ2v) is 9.83. The van der Waals surface area contributed by atoms with Crippen molar-refractivity contribution in [2.24, 2.45) is 5.92 Å². The van der Waals surface area contributed by atoms with Crippen molar-refractivity contribution in [3.63, 3.8) is 0 Å². The van der Waals surface area contributed by atoms with Gasteiger partial charge in [0.2, 0.25) is 5.78 Å². The predicted octanol–water partition coefficient (Wildman–Crippen LogP) is 4.93. The molecule has 0 amide bonds. The van der Waals surface area contributed by atoms with E-state index in [1.54, 1.807) is 24.3 Å². The molecule has 8 nitrogen and oxygen atoms in total. The first-order valence-electron chi connectivity index (χ1n) is 13.4. The molecule has 0 fully saturated rings. The number of unbranched alkanes of at least 4 members (excludes halogenated alkanes) is 1. The fourth-order valence-corrected chi connectivity index (χ4v) is 4.66. The standard InChI is InChI=1S/C33H30O8/c1-2-3-6-20-9-11-21(12-10-20)29(36)27(30(37)22-13-15-24(16-14-22)41-19-23(35)18-34)17-28-31(38)25-7-4-5-8-26(25)32(39)33(28)40/h4-5,7-16,27,34,40H,2-3,6,17-19H2,1H3. The lowest BCUT2D eigenvalue weighted by Crippen LogP contribution is -2.30. The lowest BCUT2D eigenvalue weighted by Gasteiger charge is -2.21. The van der Waals surface area contributed by atoms with Crippen LogP contribution in [-0.4, -0.2) is 52.3 Å². The number of carbonyl (C=O) groups is 5. The van der Waals surface area contributed by atoms with Crippen molar-refractivity contribution >= 4 is 28.9 Å². The van der Waals surface area contributed by atoms with Crippen LogP contribution in [0.4, 0.5) is 0 Å². The van der Waals surface area contributed by atoms with Crippen molar-refractivity contribution < 1.29 is 38.9 Å². The first-order valence-corrected chi connectivity index (χ1v) is 13.4. The van der Waals surface area contributed by atoms with Crippen molar-refractivity contribution in [3.8, 4) is 5.75 Å². The Morgan fingerprint density at radius 1 is 0.805 bits per heavy atom. The molecule has 4 rings (SSSR count). The average molecular weight is 555 g/mol. The fourth-order valence-electron chi connectivity index (χ4n) is 4.66. The van der Waals surface area contributed by atoms with Gasteiger partial charge in [-0.25, -0.2) is 0 Å². The molecule has 0 saturated carbocycles. The minimum atomic E-state index is -1.40. The number of hydrogen-bond donors (Lipinski definition) is 2. The van der Waals surface area contributed by atoms with E-state index in [1.807, 2.05) is 12.1 Å². The molecule has 3 aromatic rings. The summed E-state index contributed by atoms with van der Waals surface area (Å²) in [5.41, 5.74) is 1.32. The van der Waals surface area contributed by atoms with E-state index < -0.39 is 53.6 Å². The number of Topliss-reactive ketones (excluding diaryl/α,β-unsaturated/α-hetero) is 5. The van der Waals surface area contributed by atoms with Crippen molar-refractivity contribution in [3.05, 3.63) is 112 Å². The number of carbonyl (C=O) groups excluding carboxylic acids is 5. The van der Waals surface area contributed by atoms with Gasteiger partial charge in [-0.05, 0) is 49.1 Å². The van der Waals surface area contributed by atoms with Crippen molar-refractivity contribution in [2.45, 2.75) is 32.6 Å². The summed E-state index contributed by atoms with van der Waals surface area (Å²) in [7, 11) is 0. The van der Waals surface area contributed by atoms with Gasteiger partial charge in [-0.2, -0.15) is 0 Å². The molecule has 0 spiro atoms. The van der Waals surface area contributed by atoms with Crippen LogP contribution < -0.4 is 4.74 Å². The highest BCUT2D eigenvalue weighted by molar-refractivity contribution is 6.27. The van der Waals surface area contributed by atoms with Crippen LogP contribution in [0.5, 0.6) is 5.75 Å². The average Bonchev–Trinajstić information content (AvgIpc) is 3.01. The Balaban J connectivity index is 1.67. The highest BCUT2D eigenvalue weighted by Gasteiger charge is 2.37. The van der Waals surface area contributed by atoms with Crippen LogP contribution in [0.15, 0.2) is 84.1 Å². The molecule has 0 heterocycles. The summed E-state index contributed by atoms with van der Waals surface area (Å²) >= 11 is 0. The van der Waals surface area contributed by atoms with Gasteiger partial charge in [-0.1, -0.05) is 61.9 Å². The zero-order valence-corrected chi connectivity index (χ0v) is 22.6. The lowest BCUT2D eigenvalue weighted by molar-refractivity contribution is -0.123. The van der Waals surface area contributed by atoms with Crippen LogP contribution in [0.2, 0.25) is 0 Å². The smallest absolute Gasteiger partial charge is 0.228 e. The Morgan fingerprint density at radius 3 is 1.93 bits per heavy atom. The summed E-state index contributed by atoms with van der Waals surface area (Å²) < 4.78 is 5.29. The van der Waals surface area contributed by atoms with E-state index in [2.05, 4.69) is 6.92 Å². The molecular weight excluding hydrogens is 524 g/mol. The maximum Gasteiger partial charge on any atom is 0.228 e. The Kier molecular flexibility index (Phi) is 9.37. The summed E-state index contributed by atoms with van der Waals surface area (Å²) in [6, 6.07) is 18.8. The predicted molar refractivity (Wildman–Crippen MR) is 151 cm³/mol. The van der Waals surface area contributed by atoms with E-state index in [9.17, 15) is 29.1 Å². The van der Waals surface area contributed by atoms with Crippen molar-refractivity contribution in [2.75, 3.05) is 13.2 Å². The van der Waals surface area contributed by atoms with Crippen LogP contribution in [0.1, 0.15) is 73.2 Å². The monoisotopic (exact) mass is 554 g/mol. The zero-order chi connectivity index (χ0) is 29.5. The van der Waals surface area contributed by atoms with E-state index in [0.717, 1.165) is 24.8 Å². The van der Waals surface area contributed by atoms with Gasteiger partial charge in [0.15, 0.2) is 28.9 Å². The summed E-state index contributed by atoms with van der Waals surface area (Å²) in [6.45, 7) is 1.08. The summed E-state index contributed by atoms with van der Waals surface area (Å²) in [6.07, 6.45) is 2.40. The maximum absolute atomic E-state index is 13.8. The molecule has 2 N–H and O–H groups in total. The number of aliphatic hydroxyl groups is 2. The number of hydrogen-bond acceptors (Lipinski definition) is 8. The molecular formula is C33H30O8. The van der Waals surface area contributed by atoms with Gasteiger partial charge in [0.25, 0.3) is 0 Å². The Labute approximate surface area is 237 Å². The Bertz CT molecular complexity index is 1510. The molecule has 210 valence electrons. The molecule has 1 atom stereocenters. The number of ketones is 5. The minimum absolute atomic E-state index is 0.0610. The van der Waals surface area contributed by atoms with E-state index >= 15 is 0 Å². The minimum Gasteiger partial charge on any atom is -0.504 e. The van der Waals surface area contributed by atoms with E-state index in [4.69, 9.17) is 9.84 Å². The van der Waals surface area contributed by atoms with Crippen molar-refractivity contribution in [1.29, 1.82) is 0 Å². The van der Waals surface area contributed by atoms with Crippen LogP contribution in [-0.2, 0) is 11.2 Å². The van der Waals surface area contributed by atoms with E-state index in [-0.39, 0.29) is 40.2 Å². The molecule has 8 heteroatoms. The number of benzene rings is 3. The molecule has 1 aliphatic rings. The molecule has 0 radical (unpaired) electrons. The number of ether oxygens (including phenoxy) is 1. The largest absolute Gasteiger partial charge is 0.504 e. The zero-order valence-electron chi connectivity index (χ0n) is 22.6. The maximum atomic E-state index is 13.8. The lowest BCUT2D eigenvalue weighted by atomic mass is 9.79. The third kappa shape index (κ3) is 6.56. The van der Waals surface area contributed by atoms with Gasteiger partial charge in [0, 0.05) is 27.8 Å². The number of fused-ring (bicyclic) bond motifs is 1. The van der Waals surface area contributed by atoms with Crippen LogP contribution in [0, 0.1) is 5.92 Å². The van der Waals surface area contributed by atoms with Gasteiger partial charge < -0.3 is 14.9 Å². The fraction of sp³-hybridized carbons (Fsp3) is 0.242. The van der Waals surface area contributed by atoms with Gasteiger partial charge in [-0.15, -0.1) is 0 Å². The Morgan fingerprint density at radius 2 is 1.37 bits per heavy atom. The summed E-state index contributed by atoms with van der Waals surface area (Å²) in [5.74, 6) is -4.93. The normalized spacial score (nSPS) is 13.5. The molecule has 0 aromatic heterocycles. The molecule has 0 aliphatic heterocycles. The highest BCUT2D eigenvalue weighted by atomic mass is 16.5. The first kappa shape index (κ1) is 29.3. The third-order valence-electron chi connectivity index (χ3n) is 7.01. The highest BCUT2D eigenvalue weighted by Crippen LogP contribution is 2.32. The number of allylic oxidation sites excluding steroid dienone is 2. The quantitative estimate of drug-likeness (QED) is 0.224. The second-order valence-electron chi connectivity index (χ2n) is 9.83. The first-order chi connectivity index (χ1) is 19.7. The Hall–Kier alpha value is -4.69. The molecule has 0 saturated heterocycles. The number of aliphatic hydroxyl groups excluding tert-OH is 2. The molecule has 0 bridgehead atoms. The van der Waals surface area contributed by atoms with Crippen LogP contribution >= 0.6 is 0 Å². The number of aryl methyl sites for hydroxylation is 1. The molecule has 1 aliphatic carbocycles.